The number of carbonyl (C=O) groups is 1. The second-order valence-corrected chi connectivity index (χ2v) is 7.93. The second kappa shape index (κ2) is 10.4. The van der Waals surface area contributed by atoms with Crippen LogP contribution in [0.15, 0.2) is 48.8 Å². The summed E-state index contributed by atoms with van der Waals surface area (Å²) < 4.78 is 0. The molecular weight excluding hydrogens is 346 g/mol. The fourth-order valence-corrected chi connectivity index (χ4v) is 4.07. The maximum absolute atomic E-state index is 12.7. The number of piperidine rings is 1. The van der Waals surface area contributed by atoms with Gasteiger partial charge in [-0.15, -0.1) is 0 Å². The van der Waals surface area contributed by atoms with Crippen LogP contribution in [0.1, 0.15) is 36.5 Å². The van der Waals surface area contributed by atoms with Crippen molar-refractivity contribution in [3.8, 4) is 0 Å². The van der Waals surface area contributed by atoms with Gasteiger partial charge in [-0.2, -0.15) is 0 Å². The van der Waals surface area contributed by atoms with Crippen molar-refractivity contribution in [3.63, 3.8) is 0 Å². The summed E-state index contributed by atoms with van der Waals surface area (Å²) in [6.45, 7) is 9.39. The second-order valence-electron chi connectivity index (χ2n) is 7.93. The number of aryl methyl sites for hydroxylation is 1. The molecule has 0 N–H and O–H groups in total. The number of pyridine rings is 1. The fraction of sp³-hybridized carbons (Fsp3) is 0.500. The average molecular weight is 380 g/mol. The van der Waals surface area contributed by atoms with E-state index in [4.69, 9.17) is 0 Å². The molecule has 2 heterocycles. The predicted octanol–water partition coefficient (Wildman–Crippen LogP) is 3.74. The van der Waals surface area contributed by atoms with E-state index in [2.05, 4.69) is 48.0 Å². The van der Waals surface area contributed by atoms with E-state index < -0.39 is 0 Å². The first-order valence-electron chi connectivity index (χ1n) is 10.6. The van der Waals surface area contributed by atoms with Crippen molar-refractivity contribution in [2.24, 2.45) is 5.92 Å². The molecule has 2 aromatic rings. The first kappa shape index (κ1) is 20.5. The van der Waals surface area contributed by atoms with Gasteiger partial charge in [0.05, 0.1) is 6.42 Å². The Morgan fingerprint density at radius 3 is 2.54 bits per heavy atom. The Morgan fingerprint density at radius 2 is 1.86 bits per heavy atom. The van der Waals surface area contributed by atoms with Crippen molar-refractivity contribution in [1.82, 2.24) is 14.8 Å². The van der Waals surface area contributed by atoms with Crippen LogP contribution in [0.25, 0.3) is 0 Å². The molecule has 0 unspecified atom stereocenters. The molecule has 1 aromatic carbocycles. The molecule has 0 bridgehead atoms. The number of nitrogens with zero attached hydrogens (tertiary/aromatic N) is 3. The summed E-state index contributed by atoms with van der Waals surface area (Å²) in [5, 5.41) is 0. The van der Waals surface area contributed by atoms with Crippen LogP contribution in [0.3, 0.4) is 0 Å². The van der Waals surface area contributed by atoms with Crippen LogP contribution in [0, 0.1) is 12.8 Å². The summed E-state index contributed by atoms with van der Waals surface area (Å²) in [6, 6.07) is 12.5. The lowest BCUT2D eigenvalue weighted by Crippen LogP contribution is -2.41. The van der Waals surface area contributed by atoms with E-state index in [0.29, 0.717) is 12.3 Å². The number of carbonyl (C=O) groups excluding carboxylic acids is 1. The molecular formula is C24H33N3O. The molecule has 0 aliphatic carbocycles. The van der Waals surface area contributed by atoms with Crippen LogP contribution >= 0.6 is 0 Å². The highest BCUT2D eigenvalue weighted by Crippen LogP contribution is 2.20. The van der Waals surface area contributed by atoms with Crippen molar-refractivity contribution in [1.29, 1.82) is 0 Å². The highest BCUT2D eigenvalue weighted by Gasteiger charge is 2.23. The van der Waals surface area contributed by atoms with E-state index in [9.17, 15) is 4.79 Å². The van der Waals surface area contributed by atoms with Crippen LogP contribution in [-0.2, 0) is 17.6 Å². The van der Waals surface area contributed by atoms with Crippen molar-refractivity contribution in [3.05, 3.63) is 65.5 Å². The molecule has 4 nitrogen and oxygen atoms in total. The number of likely N-dealkylation sites (tertiary alicyclic amines) is 1. The summed E-state index contributed by atoms with van der Waals surface area (Å²) in [7, 11) is 0. The zero-order chi connectivity index (χ0) is 19.8. The van der Waals surface area contributed by atoms with E-state index in [1.54, 1.807) is 12.4 Å². The Kier molecular flexibility index (Phi) is 7.61. The third-order valence-electron chi connectivity index (χ3n) is 5.98. The molecule has 0 radical (unpaired) electrons. The monoisotopic (exact) mass is 379 g/mol. The van der Waals surface area contributed by atoms with Gasteiger partial charge in [-0.1, -0.05) is 24.3 Å². The lowest BCUT2D eigenvalue weighted by Gasteiger charge is -2.34. The molecule has 150 valence electrons. The molecule has 1 aliphatic heterocycles. The van der Waals surface area contributed by atoms with Crippen molar-refractivity contribution in [2.75, 3.05) is 32.7 Å². The number of benzene rings is 1. The summed E-state index contributed by atoms with van der Waals surface area (Å²) in [4.78, 5) is 21.3. The maximum Gasteiger partial charge on any atom is 0.226 e. The van der Waals surface area contributed by atoms with Crippen molar-refractivity contribution in [2.45, 2.75) is 39.5 Å². The van der Waals surface area contributed by atoms with E-state index in [1.165, 1.54) is 24.0 Å². The molecule has 1 fully saturated rings. The Bertz CT molecular complexity index is 739. The highest BCUT2D eigenvalue weighted by molar-refractivity contribution is 5.78. The smallest absolute Gasteiger partial charge is 0.226 e. The van der Waals surface area contributed by atoms with E-state index in [1.807, 2.05) is 17.0 Å². The number of amides is 1. The Hall–Kier alpha value is -2.20. The minimum Gasteiger partial charge on any atom is -0.342 e. The first-order chi connectivity index (χ1) is 13.7. The minimum atomic E-state index is 0.232. The first-order valence-corrected chi connectivity index (χ1v) is 10.6. The third kappa shape index (κ3) is 5.90. The summed E-state index contributed by atoms with van der Waals surface area (Å²) in [5.74, 6) is 0.853. The molecule has 0 saturated carbocycles. The molecule has 4 heteroatoms. The standard InChI is InChI=1S/C24H33N3O/c1-3-27(24(28)18-21-8-13-25-14-9-21)19-22-10-15-26(16-11-22)17-12-23-7-5-4-6-20(23)2/h4-9,13-14,22H,3,10-12,15-19H2,1-2H3. The Labute approximate surface area is 169 Å². The van der Waals surface area contributed by atoms with Crippen LogP contribution < -0.4 is 0 Å². The molecule has 1 aliphatic rings. The average Bonchev–Trinajstić information content (AvgIpc) is 2.73. The largest absolute Gasteiger partial charge is 0.342 e. The van der Waals surface area contributed by atoms with E-state index in [0.717, 1.165) is 44.7 Å². The summed E-state index contributed by atoms with van der Waals surface area (Å²) in [5.41, 5.74) is 3.90. The van der Waals surface area contributed by atoms with Gasteiger partial charge >= 0.3 is 0 Å². The van der Waals surface area contributed by atoms with Gasteiger partial charge in [0.2, 0.25) is 5.91 Å². The topological polar surface area (TPSA) is 36.4 Å². The Balaban J connectivity index is 1.42. The SMILES string of the molecule is CCN(CC1CCN(CCc2ccccc2C)CC1)C(=O)Cc1ccncc1. The maximum atomic E-state index is 12.7. The molecule has 0 atom stereocenters. The number of aromatic nitrogens is 1. The number of likely N-dealkylation sites (N-methyl/N-ethyl adjacent to an activating group) is 1. The Morgan fingerprint density at radius 1 is 1.14 bits per heavy atom. The number of hydrogen-bond acceptors (Lipinski definition) is 3. The van der Waals surface area contributed by atoms with Crippen molar-refractivity contribution >= 4 is 5.91 Å². The van der Waals surface area contributed by atoms with Gasteiger partial charge in [0.25, 0.3) is 0 Å². The van der Waals surface area contributed by atoms with Crippen LogP contribution in [0.5, 0.6) is 0 Å². The van der Waals surface area contributed by atoms with Gasteiger partial charge in [0.15, 0.2) is 0 Å². The quantitative estimate of drug-likeness (QED) is 0.701. The molecule has 0 spiro atoms. The van der Waals surface area contributed by atoms with Crippen LogP contribution in [-0.4, -0.2) is 53.4 Å². The van der Waals surface area contributed by atoms with Gasteiger partial charge < -0.3 is 9.80 Å². The summed E-state index contributed by atoms with van der Waals surface area (Å²) >= 11 is 0. The minimum absolute atomic E-state index is 0.232. The molecule has 1 aromatic heterocycles. The molecule has 3 rings (SSSR count). The number of hydrogen-bond donors (Lipinski definition) is 0. The molecule has 1 saturated heterocycles. The highest BCUT2D eigenvalue weighted by atomic mass is 16.2. The summed E-state index contributed by atoms with van der Waals surface area (Å²) in [6.07, 6.45) is 7.49. The van der Waals surface area contributed by atoms with Gasteiger partial charge in [-0.25, -0.2) is 0 Å². The normalized spacial score (nSPS) is 15.5. The van der Waals surface area contributed by atoms with Gasteiger partial charge in [-0.05, 0) is 80.9 Å². The van der Waals surface area contributed by atoms with E-state index in [-0.39, 0.29) is 5.91 Å². The third-order valence-corrected chi connectivity index (χ3v) is 5.98. The van der Waals surface area contributed by atoms with Crippen LogP contribution in [0.4, 0.5) is 0 Å². The molecule has 1 amide bonds. The molecule has 28 heavy (non-hydrogen) atoms. The lowest BCUT2D eigenvalue weighted by atomic mass is 9.95. The van der Waals surface area contributed by atoms with Gasteiger partial charge in [0.1, 0.15) is 0 Å². The van der Waals surface area contributed by atoms with Crippen molar-refractivity contribution < 1.29 is 4.79 Å². The zero-order valence-electron chi connectivity index (χ0n) is 17.3. The van der Waals surface area contributed by atoms with Crippen LogP contribution in [0.2, 0.25) is 0 Å². The lowest BCUT2D eigenvalue weighted by molar-refractivity contribution is -0.131. The van der Waals surface area contributed by atoms with E-state index >= 15 is 0 Å². The zero-order valence-corrected chi connectivity index (χ0v) is 17.3. The van der Waals surface area contributed by atoms with Gasteiger partial charge in [0, 0.05) is 32.0 Å². The van der Waals surface area contributed by atoms with Gasteiger partial charge in [-0.3, -0.25) is 9.78 Å². The predicted molar refractivity (Wildman–Crippen MR) is 114 cm³/mol. The number of rotatable bonds is 8. The fourth-order valence-electron chi connectivity index (χ4n) is 4.07.